The standard InChI is InChI=1S/C32H42N8O2/c1-6-18-34-30-26(22-35-32(38-30)37-27-16-13-25(21-33)14-17-27)15-12-24-9-7-10-28(20-24)36-31(42)23(2)40(5)29(41)11-8-19-39(3)4/h8,11,13-14,16-17,22-24,28H,6-7,9-10,18-20H2,1-5H3,(H,36,42)(H2,34,35,37,38)/b11-8+/t23-,24+,28+/m0/s1. The lowest BCUT2D eigenvalue weighted by Crippen LogP contribution is -2.49. The molecule has 3 N–H and O–H groups in total. The van der Waals surface area contributed by atoms with Gasteiger partial charge in [-0.25, -0.2) is 4.98 Å². The molecule has 0 unspecified atom stereocenters. The van der Waals surface area contributed by atoms with Crippen LogP contribution in [0.5, 0.6) is 0 Å². The maximum absolute atomic E-state index is 12.9. The second-order valence-corrected chi connectivity index (χ2v) is 10.8. The van der Waals surface area contributed by atoms with Crippen molar-refractivity contribution in [1.29, 1.82) is 5.26 Å². The molecule has 1 aromatic carbocycles. The van der Waals surface area contributed by atoms with Crippen molar-refractivity contribution in [3.8, 4) is 17.9 Å². The Labute approximate surface area is 249 Å². The summed E-state index contributed by atoms with van der Waals surface area (Å²) in [6, 6.07) is 8.64. The van der Waals surface area contributed by atoms with Crippen LogP contribution in [0, 0.1) is 29.1 Å². The highest BCUT2D eigenvalue weighted by atomic mass is 16.2. The number of benzene rings is 1. The highest BCUT2D eigenvalue weighted by Crippen LogP contribution is 2.25. The van der Waals surface area contributed by atoms with Crippen molar-refractivity contribution in [3.05, 3.63) is 53.7 Å². The maximum Gasteiger partial charge on any atom is 0.246 e. The first-order valence-electron chi connectivity index (χ1n) is 14.5. The van der Waals surface area contributed by atoms with E-state index in [-0.39, 0.29) is 23.8 Å². The number of amides is 2. The molecule has 2 aromatic rings. The van der Waals surface area contributed by atoms with Gasteiger partial charge in [0.15, 0.2) is 0 Å². The molecule has 3 atom stereocenters. The van der Waals surface area contributed by atoms with Gasteiger partial charge in [-0.05, 0) is 71.0 Å². The van der Waals surface area contributed by atoms with Gasteiger partial charge in [0.1, 0.15) is 11.9 Å². The summed E-state index contributed by atoms with van der Waals surface area (Å²) in [6.45, 7) is 5.24. The molecule has 1 aromatic heterocycles. The number of nitrogens with zero attached hydrogens (tertiary/aromatic N) is 5. The number of hydrogen-bond acceptors (Lipinski definition) is 8. The van der Waals surface area contributed by atoms with Gasteiger partial charge in [0.05, 0.1) is 23.4 Å². The molecule has 1 heterocycles. The Kier molecular flexibility index (Phi) is 12.3. The smallest absolute Gasteiger partial charge is 0.246 e. The summed E-state index contributed by atoms with van der Waals surface area (Å²) < 4.78 is 0. The first-order valence-corrected chi connectivity index (χ1v) is 14.5. The Morgan fingerprint density at radius 2 is 1.95 bits per heavy atom. The molecule has 3 rings (SSSR count). The fourth-order valence-corrected chi connectivity index (χ4v) is 4.47. The summed E-state index contributed by atoms with van der Waals surface area (Å²) in [6.07, 6.45) is 9.52. The molecular weight excluding hydrogens is 528 g/mol. The van der Waals surface area contributed by atoms with E-state index in [2.05, 4.69) is 50.8 Å². The molecule has 1 aliphatic carbocycles. The Bertz CT molecular complexity index is 1340. The normalized spacial score (nSPS) is 17.1. The van der Waals surface area contributed by atoms with Gasteiger partial charge in [-0.1, -0.05) is 31.3 Å². The molecule has 42 heavy (non-hydrogen) atoms. The number of hydrogen-bond donors (Lipinski definition) is 3. The van der Waals surface area contributed by atoms with Crippen LogP contribution >= 0.6 is 0 Å². The van der Waals surface area contributed by atoms with E-state index in [1.807, 2.05) is 31.1 Å². The summed E-state index contributed by atoms with van der Waals surface area (Å²) in [5.74, 6) is 7.55. The van der Waals surface area contributed by atoms with Crippen LogP contribution in [-0.2, 0) is 9.59 Å². The highest BCUT2D eigenvalue weighted by Gasteiger charge is 2.26. The third-order valence-electron chi connectivity index (χ3n) is 7.07. The number of aromatic nitrogens is 2. The predicted molar refractivity (Wildman–Crippen MR) is 166 cm³/mol. The molecule has 1 fully saturated rings. The Morgan fingerprint density at radius 3 is 2.64 bits per heavy atom. The van der Waals surface area contributed by atoms with Crippen LogP contribution in [0.2, 0.25) is 0 Å². The van der Waals surface area contributed by atoms with Gasteiger partial charge in [0.25, 0.3) is 0 Å². The Balaban J connectivity index is 1.63. The van der Waals surface area contributed by atoms with E-state index in [9.17, 15) is 9.59 Å². The number of nitriles is 1. The zero-order valence-electron chi connectivity index (χ0n) is 25.3. The summed E-state index contributed by atoms with van der Waals surface area (Å²) in [5.41, 5.74) is 2.09. The van der Waals surface area contributed by atoms with E-state index in [0.29, 0.717) is 23.9 Å². The summed E-state index contributed by atoms with van der Waals surface area (Å²) in [4.78, 5) is 37.9. The minimum atomic E-state index is -0.575. The molecule has 0 bridgehead atoms. The van der Waals surface area contributed by atoms with Crippen LogP contribution < -0.4 is 16.0 Å². The van der Waals surface area contributed by atoms with Crippen LogP contribution in [0.4, 0.5) is 17.5 Å². The third kappa shape index (κ3) is 9.90. The van der Waals surface area contributed by atoms with Crippen molar-refractivity contribution >= 4 is 29.3 Å². The van der Waals surface area contributed by atoms with Crippen molar-refractivity contribution in [1.82, 2.24) is 25.1 Å². The Hall–Kier alpha value is -4.41. The molecule has 0 saturated heterocycles. The van der Waals surface area contributed by atoms with E-state index in [0.717, 1.165) is 49.9 Å². The summed E-state index contributed by atoms with van der Waals surface area (Å²) in [5, 5.41) is 18.7. The fraction of sp³-hybridized carbons (Fsp3) is 0.469. The number of carbonyl (C=O) groups is 2. The second kappa shape index (κ2) is 16.1. The molecule has 222 valence electrons. The topological polar surface area (TPSA) is 126 Å². The number of carbonyl (C=O) groups excluding carboxylic acids is 2. The first kappa shape index (κ1) is 32.1. The molecule has 0 radical (unpaired) electrons. The van der Waals surface area contributed by atoms with E-state index < -0.39 is 6.04 Å². The molecule has 10 heteroatoms. The maximum atomic E-state index is 12.9. The third-order valence-corrected chi connectivity index (χ3v) is 7.07. The van der Waals surface area contributed by atoms with Crippen LogP contribution in [0.1, 0.15) is 57.1 Å². The van der Waals surface area contributed by atoms with Crippen molar-refractivity contribution in [2.75, 3.05) is 44.9 Å². The number of nitrogens with one attached hydrogen (secondary N) is 3. The Morgan fingerprint density at radius 1 is 1.19 bits per heavy atom. The van der Waals surface area contributed by atoms with Crippen molar-refractivity contribution in [2.24, 2.45) is 5.92 Å². The number of anilines is 3. The van der Waals surface area contributed by atoms with Crippen LogP contribution in [-0.4, -0.2) is 77.9 Å². The van der Waals surface area contributed by atoms with Crippen LogP contribution in [0.3, 0.4) is 0 Å². The number of likely N-dealkylation sites (N-methyl/N-ethyl adjacent to an activating group) is 2. The van der Waals surface area contributed by atoms with E-state index in [1.165, 1.54) is 11.0 Å². The van der Waals surface area contributed by atoms with Crippen LogP contribution in [0.15, 0.2) is 42.6 Å². The van der Waals surface area contributed by atoms with Gasteiger partial charge in [0.2, 0.25) is 17.8 Å². The monoisotopic (exact) mass is 570 g/mol. The zero-order chi connectivity index (χ0) is 30.5. The average molecular weight is 571 g/mol. The summed E-state index contributed by atoms with van der Waals surface area (Å²) >= 11 is 0. The van der Waals surface area contributed by atoms with Gasteiger partial charge < -0.3 is 25.8 Å². The van der Waals surface area contributed by atoms with Gasteiger partial charge in [-0.2, -0.15) is 10.2 Å². The van der Waals surface area contributed by atoms with Gasteiger partial charge >= 0.3 is 0 Å². The molecule has 0 aliphatic heterocycles. The molecule has 2 amide bonds. The van der Waals surface area contributed by atoms with Gasteiger partial charge in [0, 0.05) is 43.9 Å². The lowest BCUT2D eigenvalue weighted by atomic mass is 9.86. The first-order chi connectivity index (χ1) is 20.2. The molecule has 0 spiro atoms. The second-order valence-electron chi connectivity index (χ2n) is 10.8. The average Bonchev–Trinajstić information content (AvgIpc) is 2.99. The molecule has 1 aliphatic rings. The highest BCUT2D eigenvalue weighted by molar-refractivity contribution is 5.92. The van der Waals surface area contributed by atoms with Crippen molar-refractivity contribution in [2.45, 2.75) is 58.0 Å². The van der Waals surface area contributed by atoms with E-state index >= 15 is 0 Å². The van der Waals surface area contributed by atoms with Gasteiger partial charge in [-0.15, -0.1) is 0 Å². The minimum Gasteiger partial charge on any atom is -0.369 e. The molecule has 1 saturated carbocycles. The number of rotatable bonds is 11. The quantitative estimate of drug-likeness (QED) is 0.274. The van der Waals surface area contributed by atoms with Crippen molar-refractivity contribution < 1.29 is 9.59 Å². The van der Waals surface area contributed by atoms with Gasteiger partial charge in [-0.3, -0.25) is 9.59 Å². The zero-order valence-corrected chi connectivity index (χ0v) is 25.3. The lowest BCUT2D eigenvalue weighted by molar-refractivity contribution is -0.135. The molecule has 10 nitrogen and oxygen atoms in total. The predicted octanol–water partition coefficient (Wildman–Crippen LogP) is 3.90. The van der Waals surface area contributed by atoms with E-state index in [1.54, 1.807) is 38.4 Å². The fourth-order valence-electron chi connectivity index (χ4n) is 4.47. The van der Waals surface area contributed by atoms with Crippen molar-refractivity contribution in [3.63, 3.8) is 0 Å². The lowest BCUT2D eigenvalue weighted by Gasteiger charge is -2.30. The SMILES string of the molecule is CCCNc1nc(Nc2ccc(C#N)cc2)ncc1C#C[C@H]1CCC[C@@H](NC(=O)[C@H](C)N(C)C(=O)/C=C/CN(C)C)C1. The minimum absolute atomic E-state index is 0.00807. The van der Waals surface area contributed by atoms with Crippen LogP contribution in [0.25, 0.3) is 0 Å². The largest absolute Gasteiger partial charge is 0.369 e. The van der Waals surface area contributed by atoms with E-state index in [4.69, 9.17) is 5.26 Å². The summed E-state index contributed by atoms with van der Waals surface area (Å²) in [7, 11) is 5.51. The molecular formula is C32H42N8O2.